The van der Waals surface area contributed by atoms with Gasteiger partial charge in [-0.2, -0.15) is 0 Å². The van der Waals surface area contributed by atoms with E-state index in [2.05, 4.69) is 46.4 Å². The highest BCUT2D eigenvalue weighted by atomic mass is 16.5. The van der Waals surface area contributed by atoms with Crippen molar-refractivity contribution in [1.82, 2.24) is 4.90 Å². The third-order valence-corrected chi connectivity index (χ3v) is 5.58. The largest absolute Gasteiger partial charge is 0.381 e. The number of likely N-dealkylation sites (tertiary alicyclic amines) is 1. The maximum Gasteiger partial charge on any atom is 0.0602 e. The van der Waals surface area contributed by atoms with Crippen molar-refractivity contribution in [3.05, 3.63) is 0 Å². The standard InChI is InChI=1S/C23H45NO3/c1-22(2,3)26-16-10-9-15-25-14-8-7-12-24-13-11-21(24)19-17-20(18-19)27-23(4,5)6/h19-21H,7-18H2,1-6H3. The van der Waals surface area contributed by atoms with Gasteiger partial charge in [-0.3, -0.25) is 4.90 Å². The molecule has 0 N–H and O–H groups in total. The van der Waals surface area contributed by atoms with Gasteiger partial charge < -0.3 is 14.2 Å². The van der Waals surface area contributed by atoms with Crippen LogP contribution in [0.2, 0.25) is 0 Å². The summed E-state index contributed by atoms with van der Waals surface area (Å²) in [5.41, 5.74) is -0.00979. The molecular formula is C23H45NO3. The van der Waals surface area contributed by atoms with Gasteiger partial charge in [-0.05, 0) is 105 Å². The summed E-state index contributed by atoms with van der Waals surface area (Å²) in [7, 11) is 0. The Labute approximate surface area is 168 Å². The van der Waals surface area contributed by atoms with E-state index in [1.807, 2.05) is 0 Å². The Hall–Kier alpha value is -0.160. The van der Waals surface area contributed by atoms with E-state index in [9.17, 15) is 0 Å². The minimum atomic E-state index is -0.0183. The molecule has 0 aromatic heterocycles. The molecule has 1 atom stereocenters. The molecule has 160 valence electrons. The summed E-state index contributed by atoms with van der Waals surface area (Å²) in [4.78, 5) is 2.70. The van der Waals surface area contributed by atoms with Crippen LogP contribution in [-0.2, 0) is 14.2 Å². The van der Waals surface area contributed by atoms with Crippen molar-refractivity contribution in [2.75, 3.05) is 32.9 Å². The first-order valence-electron chi connectivity index (χ1n) is 11.3. The summed E-state index contributed by atoms with van der Waals surface area (Å²) in [5, 5.41) is 0. The molecule has 2 aliphatic rings. The van der Waals surface area contributed by atoms with Gasteiger partial charge in [-0.15, -0.1) is 0 Å². The maximum absolute atomic E-state index is 6.09. The van der Waals surface area contributed by atoms with Gasteiger partial charge in [-0.25, -0.2) is 0 Å². The van der Waals surface area contributed by atoms with Crippen LogP contribution in [0.1, 0.15) is 86.5 Å². The quantitative estimate of drug-likeness (QED) is 0.441. The lowest BCUT2D eigenvalue weighted by atomic mass is 9.72. The molecule has 4 heteroatoms. The second-order valence-electron chi connectivity index (χ2n) is 10.5. The molecule has 0 aromatic rings. The zero-order chi connectivity index (χ0) is 19.9. The fraction of sp³-hybridized carbons (Fsp3) is 1.00. The molecule has 1 heterocycles. The molecule has 2 fully saturated rings. The average Bonchev–Trinajstić information content (AvgIpc) is 2.47. The Morgan fingerprint density at radius 1 is 0.815 bits per heavy atom. The molecule has 1 aliphatic heterocycles. The lowest BCUT2D eigenvalue weighted by molar-refractivity contribution is -0.134. The Morgan fingerprint density at radius 2 is 1.44 bits per heavy atom. The molecule has 2 rings (SSSR count). The van der Waals surface area contributed by atoms with Crippen LogP contribution in [0.4, 0.5) is 0 Å². The van der Waals surface area contributed by atoms with Crippen molar-refractivity contribution in [3.8, 4) is 0 Å². The van der Waals surface area contributed by atoms with E-state index in [-0.39, 0.29) is 11.2 Å². The molecule has 1 aliphatic carbocycles. The minimum absolute atomic E-state index is 0.00848. The fourth-order valence-corrected chi connectivity index (χ4v) is 4.09. The topological polar surface area (TPSA) is 30.9 Å². The number of unbranched alkanes of at least 4 members (excludes halogenated alkanes) is 2. The second kappa shape index (κ2) is 10.6. The average molecular weight is 384 g/mol. The predicted molar refractivity (Wildman–Crippen MR) is 112 cm³/mol. The van der Waals surface area contributed by atoms with E-state index in [4.69, 9.17) is 14.2 Å². The smallest absolute Gasteiger partial charge is 0.0602 e. The molecule has 0 aromatic carbocycles. The summed E-state index contributed by atoms with van der Waals surface area (Å²) in [6.07, 6.45) is 9.05. The molecule has 1 unspecified atom stereocenters. The van der Waals surface area contributed by atoms with E-state index >= 15 is 0 Å². The van der Waals surface area contributed by atoms with Crippen molar-refractivity contribution in [1.29, 1.82) is 0 Å². The van der Waals surface area contributed by atoms with Crippen molar-refractivity contribution < 1.29 is 14.2 Å². The van der Waals surface area contributed by atoms with E-state index in [0.717, 1.165) is 44.6 Å². The first-order valence-corrected chi connectivity index (χ1v) is 11.3. The van der Waals surface area contributed by atoms with Crippen LogP contribution >= 0.6 is 0 Å². The van der Waals surface area contributed by atoms with E-state index in [0.29, 0.717) is 6.10 Å². The number of nitrogens with zero attached hydrogens (tertiary/aromatic N) is 1. The lowest BCUT2D eigenvalue weighted by Gasteiger charge is -2.52. The van der Waals surface area contributed by atoms with Gasteiger partial charge in [0.2, 0.25) is 0 Å². The fourth-order valence-electron chi connectivity index (χ4n) is 4.09. The minimum Gasteiger partial charge on any atom is -0.381 e. The van der Waals surface area contributed by atoms with Crippen LogP contribution < -0.4 is 0 Å². The highest BCUT2D eigenvalue weighted by molar-refractivity contribution is 4.96. The van der Waals surface area contributed by atoms with Crippen LogP contribution in [0.3, 0.4) is 0 Å². The van der Waals surface area contributed by atoms with Crippen molar-refractivity contribution in [2.45, 2.75) is 110 Å². The van der Waals surface area contributed by atoms with Gasteiger partial charge in [-0.1, -0.05) is 0 Å². The van der Waals surface area contributed by atoms with Crippen molar-refractivity contribution >= 4 is 0 Å². The van der Waals surface area contributed by atoms with Crippen LogP contribution in [0, 0.1) is 5.92 Å². The first kappa shape index (κ1) is 23.1. The molecule has 0 spiro atoms. The molecule has 0 bridgehead atoms. The van der Waals surface area contributed by atoms with Gasteiger partial charge in [0.1, 0.15) is 0 Å². The van der Waals surface area contributed by atoms with Gasteiger partial charge in [0.05, 0.1) is 17.3 Å². The maximum atomic E-state index is 6.09. The third kappa shape index (κ3) is 9.25. The molecule has 0 amide bonds. The molecule has 1 saturated heterocycles. The third-order valence-electron chi connectivity index (χ3n) is 5.58. The number of hydrogen-bond acceptors (Lipinski definition) is 4. The SMILES string of the molecule is CC(C)(C)OCCCCOCCCCN1CCC1C1CC(OC(C)(C)C)C1. The van der Waals surface area contributed by atoms with Crippen LogP contribution in [0.5, 0.6) is 0 Å². The number of hydrogen-bond donors (Lipinski definition) is 0. The Kier molecular flexibility index (Phi) is 9.05. The number of ether oxygens (including phenoxy) is 3. The first-order chi connectivity index (χ1) is 12.6. The Bertz CT molecular complexity index is 407. The highest BCUT2D eigenvalue weighted by Crippen LogP contribution is 2.41. The monoisotopic (exact) mass is 383 g/mol. The van der Waals surface area contributed by atoms with Gasteiger partial charge in [0.15, 0.2) is 0 Å². The summed E-state index contributed by atoms with van der Waals surface area (Å²) >= 11 is 0. The molecule has 0 radical (unpaired) electrons. The van der Waals surface area contributed by atoms with Crippen molar-refractivity contribution in [3.63, 3.8) is 0 Å². The normalized spacial score (nSPS) is 26.7. The summed E-state index contributed by atoms with van der Waals surface area (Å²) in [6.45, 7) is 18.0. The van der Waals surface area contributed by atoms with E-state index < -0.39 is 0 Å². The molecule has 27 heavy (non-hydrogen) atoms. The zero-order valence-electron chi connectivity index (χ0n) is 18.9. The highest BCUT2D eigenvalue weighted by Gasteiger charge is 2.42. The summed E-state index contributed by atoms with van der Waals surface area (Å²) in [5.74, 6) is 0.873. The lowest BCUT2D eigenvalue weighted by Crippen LogP contribution is -2.56. The molecule has 4 nitrogen and oxygen atoms in total. The summed E-state index contributed by atoms with van der Waals surface area (Å²) < 4.78 is 17.6. The van der Waals surface area contributed by atoms with Gasteiger partial charge in [0, 0.05) is 25.9 Å². The number of rotatable bonds is 12. The molecular weight excluding hydrogens is 338 g/mol. The van der Waals surface area contributed by atoms with Gasteiger partial charge in [0.25, 0.3) is 0 Å². The Balaban J connectivity index is 1.40. The van der Waals surface area contributed by atoms with E-state index in [1.165, 1.54) is 45.2 Å². The van der Waals surface area contributed by atoms with Crippen molar-refractivity contribution in [2.24, 2.45) is 5.92 Å². The molecule has 1 saturated carbocycles. The Morgan fingerprint density at radius 3 is 2.00 bits per heavy atom. The van der Waals surface area contributed by atoms with Crippen LogP contribution in [0.25, 0.3) is 0 Å². The van der Waals surface area contributed by atoms with Gasteiger partial charge >= 0.3 is 0 Å². The summed E-state index contributed by atoms with van der Waals surface area (Å²) in [6, 6.07) is 0.827. The predicted octanol–water partition coefficient (Wildman–Crippen LogP) is 5.05. The van der Waals surface area contributed by atoms with Crippen LogP contribution in [-0.4, -0.2) is 61.2 Å². The second-order valence-corrected chi connectivity index (χ2v) is 10.5. The van der Waals surface area contributed by atoms with Crippen LogP contribution in [0.15, 0.2) is 0 Å². The van der Waals surface area contributed by atoms with E-state index in [1.54, 1.807) is 0 Å². The zero-order valence-corrected chi connectivity index (χ0v) is 18.9.